The van der Waals surface area contributed by atoms with Crippen molar-refractivity contribution in [3.63, 3.8) is 0 Å². The van der Waals surface area contributed by atoms with Gasteiger partial charge >= 0.3 is 5.97 Å². The molecule has 2 heterocycles. The number of nitrogens with zero attached hydrogens (tertiary/aromatic N) is 3. The molecule has 24 heavy (non-hydrogen) atoms. The highest BCUT2D eigenvalue weighted by Gasteiger charge is 2.47. The van der Waals surface area contributed by atoms with Gasteiger partial charge in [0.1, 0.15) is 0 Å². The summed E-state index contributed by atoms with van der Waals surface area (Å²) >= 11 is 3.39. The number of carboxylic acids is 1. The maximum absolute atomic E-state index is 14.2. The number of alkyl halides is 1. The first kappa shape index (κ1) is 16.6. The second-order valence-electron chi connectivity index (χ2n) is 5.78. The molecule has 0 radical (unpaired) electrons. The predicted molar refractivity (Wildman–Crippen MR) is 88.0 cm³/mol. The molecule has 8 heteroatoms. The van der Waals surface area contributed by atoms with Crippen LogP contribution in [0.25, 0.3) is 5.69 Å². The zero-order chi connectivity index (χ0) is 17.5. The molecule has 1 aliphatic heterocycles. The van der Waals surface area contributed by atoms with Crippen LogP contribution in [0.3, 0.4) is 0 Å². The molecule has 126 valence electrons. The zero-order valence-corrected chi connectivity index (χ0v) is 14.5. The fraction of sp³-hybridized carbons (Fsp3) is 0.312. The zero-order valence-electron chi connectivity index (χ0n) is 12.9. The van der Waals surface area contributed by atoms with Crippen molar-refractivity contribution in [2.24, 2.45) is 0 Å². The van der Waals surface area contributed by atoms with E-state index in [1.807, 2.05) is 24.3 Å². The molecule has 0 spiro atoms. The number of hydrogen-bond acceptors (Lipinski definition) is 3. The third-order valence-corrected chi connectivity index (χ3v) is 4.68. The van der Waals surface area contributed by atoms with Gasteiger partial charge in [-0.25, -0.2) is 13.9 Å². The van der Waals surface area contributed by atoms with Gasteiger partial charge in [-0.05, 0) is 25.1 Å². The minimum absolute atomic E-state index is 0.0726. The molecule has 3 rings (SSSR count). The summed E-state index contributed by atoms with van der Waals surface area (Å²) in [5.74, 6) is -1.94. The van der Waals surface area contributed by atoms with E-state index in [-0.39, 0.29) is 13.0 Å². The van der Waals surface area contributed by atoms with Crippen LogP contribution in [-0.4, -0.2) is 50.4 Å². The summed E-state index contributed by atoms with van der Waals surface area (Å²) in [4.78, 5) is 24.8. The van der Waals surface area contributed by atoms with Crippen molar-refractivity contribution in [2.75, 3.05) is 13.1 Å². The lowest BCUT2D eigenvalue weighted by Gasteiger charge is -2.17. The number of aromatic nitrogens is 2. The molecule has 1 saturated heterocycles. The summed E-state index contributed by atoms with van der Waals surface area (Å²) in [5.41, 5.74) is -0.633. The minimum atomic E-state index is -2.37. The van der Waals surface area contributed by atoms with E-state index >= 15 is 0 Å². The molecule has 6 nitrogen and oxygen atoms in total. The highest BCUT2D eigenvalue weighted by Crippen LogP contribution is 2.28. The number of hydrogen-bond donors (Lipinski definition) is 1. The Kier molecular flexibility index (Phi) is 4.16. The monoisotopic (exact) mass is 395 g/mol. The maximum Gasteiger partial charge on any atom is 0.343 e. The van der Waals surface area contributed by atoms with Crippen molar-refractivity contribution in [1.82, 2.24) is 14.7 Å². The Hall–Kier alpha value is -2.22. The molecule has 1 aliphatic rings. The summed E-state index contributed by atoms with van der Waals surface area (Å²) in [6, 6.07) is 7.45. The predicted octanol–water partition coefficient (Wildman–Crippen LogP) is 2.58. The van der Waals surface area contributed by atoms with Gasteiger partial charge in [0.05, 0.1) is 29.7 Å². The van der Waals surface area contributed by atoms with E-state index in [1.54, 1.807) is 11.6 Å². The van der Waals surface area contributed by atoms with Gasteiger partial charge in [-0.2, -0.15) is 5.10 Å². The molecule has 1 atom stereocenters. The number of carbonyl (C=O) groups excluding carboxylic acids is 1. The molecule has 1 amide bonds. The van der Waals surface area contributed by atoms with Gasteiger partial charge < -0.3 is 10.0 Å². The molecule has 0 saturated carbocycles. The smallest absolute Gasteiger partial charge is 0.343 e. The van der Waals surface area contributed by atoms with E-state index in [9.17, 15) is 14.0 Å². The average molecular weight is 396 g/mol. The molecule has 2 aromatic rings. The quantitative estimate of drug-likeness (QED) is 0.866. The van der Waals surface area contributed by atoms with Gasteiger partial charge in [0, 0.05) is 17.4 Å². The summed E-state index contributed by atoms with van der Waals surface area (Å²) in [6.07, 6.45) is 1.23. The van der Waals surface area contributed by atoms with Gasteiger partial charge in [0.25, 0.3) is 5.91 Å². The second kappa shape index (κ2) is 6.01. The van der Waals surface area contributed by atoms with Crippen LogP contribution in [-0.2, 0) is 4.79 Å². The van der Waals surface area contributed by atoms with Crippen molar-refractivity contribution < 1.29 is 19.1 Å². The Morgan fingerprint density at radius 2 is 2.17 bits per heavy atom. The third kappa shape index (κ3) is 2.82. The first-order valence-electron chi connectivity index (χ1n) is 7.34. The van der Waals surface area contributed by atoms with E-state index in [0.717, 1.165) is 10.2 Å². The normalized spacial score (nSPS) is 20.4. The number of benzene rings is 1. The van der Waals surface area contributed by atoms with E-state index in [4.69, 9.17) is 5.11 Å². The molecule has 1 N–H and O–H groups in total. The molecule has 0 bridgehead atoms. The lowest BCUT2D eigenvalue weighted by Crippen LogP contribution is -2.39. The Morgan fingerprint density at radius 1 is 1.42 bits per heavy atom. The van der Waals surface area contributed by atoms with Crippen LogP contribution in [0.15, 0.2) is 34.9 Å². The fourth-order valence-corrected chi connectivity index (χ4v) is 3.17. The topological polar surface area (TPSA) is 75.4 Å². The van der Waals surface area contributed by atoms with Crippen molar-refractivity contribution in [3.05, 3.63) is 46.2 Å². The lowest BCUT2D eigenvalue weighted by molar-refractivity contribution is -0.149. The lowest BCUT2D eigenvalue weighted by atomic mass is 10.1. The molecule has 1 fully saturated rings. The standard InChI is InChI=1S/C16H15BrFN3O3/c1-10-13(8-19-21(10)12-4-2-3-11(17)7-12)14(22)20-6-5-16(18,9-20)15(23)24/h2-4,7-8H,5-6,9H2,1H3,(H,23,24). The van der Waals surface area contributed by atoms with Gasteiger partial charge in [0.2, 0.25) is 5.67 Å². The molecule has 1 aromatic heterocycles. The van der Waals surface area contributed by atoms with Crippen LogP contribution < -0.4 is 0 Å². The molecule has 0 aliphatic carbocycles. The molecular weight excluding hydrogens is 381 g/mol. The van der Waals surface area contributed by atoms with E-state index in [1.165, 1.54) is 11.1 Å². The fourth-order valence-electron chi connectivity index (χ4n) is 2.78. The largest absolute Gasteiger partial charge is 0.479 e. The van der Waals surface area contributed by atoms with Crippen molar-refractivity contribution in [1.29, 1.82) is 0 Å². The van der Waals surface area contributed by atoms with E-state index in [2.05, 4.69) is 21.0 Å². The van der Waals surface area contributed by atoms with Gasteiger partial charge in [-0.1, -0.05) is 22.0 Å². The molecule has 1 aromatic carbocycles. The summed E-state index contributed by atoms with van der Waals surface area (Å²) in [5, 5.41) is 13.2. The molecular formula is C16H15BrFN3O3. The Bertz CT molecular complexity index is 823. The maximum atomic E-state index is 14.2. The molecule has 1 unspecified atom stereocenters. The van der Waals surface area contributed by atoms with Crippen molar-refractivity contribution in [3.8, 4) is 5.69 Å². The Morgan fingerprint density at radius 3 is 2.79 bits per heavy atom. The second-order valence-corrected chi connectivity index (χ2v) is 6.70. The van der Waals surface area contributed by atoms with Crippen molar-refractivity contribution in [2.45, 2.75) is 19.0 Å². The van der Waals surface area contributed by atoms with E-state index in [0.29, 0.717) is 11.3 Å². The summed E-state index contributed by atoms with van der Waals surface area (Å²) < 4.78 is 16.7. The van der Waals surface area contributed by atoms with Crippen LogP contribution in [0.4, 0.5) is 4.39 Å². The summed E-state index contributed by atoms with van der Waals surface area (Å²) in [7, 11) is 0. The van der Waals surface area contributed by atoms with Crippen LogP contribution in [0.5, 0.6) is 0 Å². The van der Waals surface area contributed by atoms with Crippen LogP contribution >= 0.6 is 15.9 Å². The first-order chi connectivity index (χ1) is 11.3. The number of amides is 1. The van der Waals surface area contributed by atoms with Crippen molar-refractivity contribution >= 4 is 27.8 Å². The number of aliphatic carboxylic acids is 1. The van der Waals surface area contributed by atoms with Crippen LogP contribution in [0, 0.1) is 6.92 Å². The Labute approximate surface area is 146 Å². The third-order valence-electron chi connectivity index (χ3n) is 4.18. The highest BCUT2D eigenvalue weighted by atomic mass is 79.9. The highest BCUT2D eigenvalue weighted by molar-refractivity contribution is 9.10. The van der Waals surface area contributed by atoms with Gasteiger partial charge in [-0.15, -0.1) is 0 Å². The first-order valence-corrected chi connectivity index (χ1v) is 8.13. The number of likely N-dealkylation sites (tertiary alicyclic amines) is 1. The Balaban J connectivity index is 1.86. The van der Waals surface area contributed by atoms with Gasteiger partial charge in [0.15, 0.2) is 0 Å². The number of carbonyl (C=O) groups is 2. The number of carboxylic acid groups (broad SMARTS) is 1. The summed E-state index contributed by atoms with van der Waals surface area (Å²) in [6.45, 7) is 1.38. The van der Waals surface area contributed by atoms with Crippen LogP contribution in [0.2, 0.25) is 0 Å². The van der Waals surface area contributed by atoms with E-state index < -0.39 is 24.1 Å². The number of halogens is 2. The SMILES string of the molecule is Cc1c(C(=O)N2CCC(F)(C(=O)O)C2)cnn1-c1cccc(Br)c1. The van der Waals surface area contributed by atoms with Crippen LogP contribution in [0.1, 0.15) is 22.5 Å². The van der Waals surface area contributed by atoms with Gasteiger partial charge in [-0.3, -0.25) is 4.79 Å². The average Bonchev–Trinajstić information content (AvgIpc) is 3.11. The number of rotatable bonds is 3. The minimum Gasteiger partial charge on any atom is -0.479 e.